The fourth-order valence-electron chi connectivity index (χ4n) is 3.09. The molecule has 4 heteroatoms. The number of nitrogens with zero attached hydrogens (tertiary/aromatic N) is 2. The number of aromatic nitrogens is 1. The van der Waals surface area contributed by atoms with Crippen molar-refractivity contribution in [2.45, 2.75) is 32.1 Å². The van der Waals surface area contributed by atoms with Crippen molar-refractivity contribution in [2.24, 2.45) is 5.92 Å². The summed E-state index contributed by atoms with van der Waals surface area (Å²) >= 11 is 0. The van der Waals surface area contributed by atoms with Gasteiger partial charge in [-0.25, -0.2) is 4.98 Å². The van der Waals surface area contributed by atoms with E-state index in [2.05, 4.69) is 35.3 Å². The van der Waals surface area contributed by atoms with Gasteiger partial charge in [-0.2, -0.15) is 0 Å². The van der Waals surface area contributed by atoms with Crippen LogP contribution in [0, 0.1) is 5.92 Å². The van der Waals surface area contributed by atoms with E-state index in [1.165, 1.54) is 12.0 Å². The second kappa shape index (κ2) is 7.25. The van der Waals surface area contributed by atoms with Crippen molar-refractivity contribution < 1.29 is 9.21 Å². The molecule has 0 atom stereocenters. The van der Waals surface area contributed by atoms with Gasteiger partial charge in [0.05, 0.1) is 5.69 Å². The first-order valence-electron chi connectivity index (χ1n) is 8.00. The molecule has 0 bridgehead atoms. The zero-order valence-electron chi connectivity index (χ0n) is 12.8. The van der Waals surface area contributed by atoms with Gasteiger partial charge in [-0.1, -0.05) is 30.3 Å². The van der Waals surface area contributed by atoms with Gasteiger partial charge in [-0.05, 0) is 30.7 Å². The highest BCUT2D eigenvalue weighted by molar-refractivity contribution is 5.76. The van der Waals surface area contributed by atoms with E-state index in [0.717, 1.165) is 38.0 Å². The summed E-state index contributed by atoms with van der Waals surface area (Å²) in [4.78, 5) is 18.3. The Balaban J connectivity index is 1.42. The van der Waals surface area contributed by atoms with Crippen molar-refractivity contribution in [2.75, 3.05) is 13.1 Å². The standard InChI is InChI=1S/C18H22N2O2/c21-18(7-6-17-13-22-14-19-17)20-10-8-16(9-11-20)12-15-4-2-1-3-5-15/h1-5,13-14,16H,6-12H2. The predicted octanol–water partition coefficient (Wildman–Crippen LogP) is 3.09. The van der Waals surface area contributed by atoms with Crippen LogP contribution in [0.3, 0.4) is 0 Å². The summed E-state index contributed by atoms with van der Waals surface area (Å²) < 4.78 is 4.93. The summed E-state index contributed by atoms with van der Waals surface area (Å²) in [6.07, 6.45) is 7.54. The average molecular weight is 298 g/mol. The lowest BCUT2D eigenvalue weighted by Crippen LogP contribution is -2.39. The van der Waals surface area contributed by atoms with Gasteiger partial charge in [0, 0.05) is 25.9 Å². The molecule has 1 aromatic carbocycles. The van der Waals surface area contributed by atoms with Crippen molar-refractivity contribution in [1.82, 2.24) is 9.88 Å². The van der Waals surface area contributed by atoms with Crippen molar-refractivity contribution in [3.8, 4) is 0 Å². The van der Waals surface area contributed by atoms with Crippen molar-refractivity contribution in [3.63, 3.8) is 0 Å². The normalized spacial score (nSPS) is 15.9. The molecule has 0 radical (unpaired) electrons. The quantitative estimate of drug-likeness (QED) is 0.852. The molecule has 1 aliphatic rings. The first kappa shape index (κ1) is 14.8. The largest absolute Gasteiger partial charge is 0.451 e. The number of piperidine rings is 1. The van der Waals surface area contributed by atoms with E-state index in [0.29, 0.717) is 18.8 Å². The van der Waals surface area contributed by atoms with E-state index in [1.807, 2.05) is 4.90 Å². The highest BCUT2D eigenvalue weighted by Crippen LogP contribution is 2.22. The molecule has 2 aromatic rings. The Morgan fingerprint density at radius 3 is 2.68 bits per heavy atom. The Labute approximate surface area is 131 Å². The van der Waals surface area contributed by atoms with Crippen molar-refractivity contribution in [3.05, 3.63) is 54.2 Å². The monoisotopic (exact) mass is 298 g/mol. The lowest BCUT2D eigenvalue weighted by atomic mass is 9.90. The number of carbonyl (C=O) groups excluding carboxylic acids is 1. The van der Waals surface area contributed by atoms with Gasteiger partial charge in [-0.3, -0.25) is 4.79 Å². The zero-order chi connectivity index (χ0) is 15.2. The van der Waals surface area contributed by atoms with E-state index < -0.39 is 0 Å². The average Bonchev–Trinajstić information content (AvgIpc) is 3.08. The van der Waals surface area contributed by atoms with Gasteiger partial charge in [0.25, 0.3) is 0 Å². The molecule has 0 saturated carbocycles. The molecule has 116 valence electrons. The van der Waals surface area contributed by atoms with Crippen LogP contribution in [0.5, 0.6) is 0 Å². The number of hydrogen-bond donors (Lipinski definition) is 0. The number of oxazole rings is 1. The molecule has 1 saturated heterocycles. The van der Waals surface area contributed by atoms with Crippen LogP contribution in [0.25, 0.3) is 0 Å². The minimum atomic E-state index is 0.237. The van der Waals surface area contributed by atoms with Crippen LogP contribution in [0.15, 0.2) is 47.4 Å². The number of benzene rings is 1. The molecule has 1 amide bonds. The molecular weight excluding hydrogens is 276 g/mol. The third-order valence-electron chi connectivity index (χ3n) is 4.41. The van der Waals surface area contributed by atoms with E-state index in [1.54, 1.807) is 6.26 Å². The Morgan fingerprint density at radius 2 is 2.00 bits per heavy atom. The fourth-order valence-corrected chi connectivity index (χ4v) is 3.09. The molecule has 2 heterocycles. The summed E-state index contributed by atoms with van der Waals surface area (Å²) in [7, 11) is 0. The van der Waals surface area contributed by atoms with Crippen LogP contribution in [0.4, 0.5) is 0 Å². The van der Waals surface area contributed by atoms with E-state index in [-0.39, 0.29) is 5.91 Å². The molecule has 0 unspecified atom stereocenters. The van der Waals surface area contributed by atoms with Crippen LogP contribution < -0.4 is 0 Å². The number of hydrogen-bond acceptors (Lipinski definition) is 3. The van der Waals surface area contributed by atoms with Crippen molar-refractivity contribution >= 4 is 5.91 Å². The number of rotatable bonds is 5. The summed E-state index contributed by atoms with van der Waals surface area (Å²) in [5, 5.41) is 0. The maximum Gasteiger partial charge on any atom is 0.222 e. The Morgan fingerprint density at radius 1 is 1.23 bits per heavy atom. The third kappa shape index (κ3) is 3.97. The van der Waals surface area contributed by atoms with Crippen LogP contribution in [-0.2, 0) is 17.6 Å². The molecule has 22 heavy (non-hydrogen) atoms. The Bertz CT molecular complexity index is 572. The number of amides is 1. The minimum Gasteiger partial charge on any atom is -0.451 e. The second-order valence-corrected chi connectivity index (χ2v) is 5.99. The molecule has 1 aromatic heterocycles. The smallest absolute Gasteiger partial charge is 0.222 e. The van der Waals surface area contributed by atoms with Gasteiger partial charge in [0.15, 0.2) is 6.39 Å². The lowest BCUT2D eigenvalue weighted by molar-refractivity contribution is -0.132. The fraction of sp³-hybridized carbons (Fsp3) is 0.444. The van der Waals surface area contributed by atoms with Gasteiger partial charge in [0.2, 0.25) is 5.91 Å². The molecule has 1 aliphatic heterocycles. The van der Waals surface area contributed by atoms with E-state index in [4.69, 9.17) is 4.42 Å². The first-order chi connectivity index (χ1) is 10.8. The van der Waals surface area contributed by atoms with Crippen LogP contribution in [0.1, 0.15) is 30.5 Å². The summed E-state index contributed by atoms with van der Waals surface area (Å²) in [6, 6.07) is 10.6. The maximum absolute atomic E-state index is 12.2. The second-order valence-electron chi connectivity index (χ2n) is 5.99. The Hall–Kier alpha value is -2.10. The Kier molecular flexibility index (Phi) is 4.88. The topological polar surface area (TPSA) is 46.3 Å². The first-order valence-corrected chi connectivity index (χ1v) is 8.00. The molecule has 0 aliphatic carbocycles. The summed E-state index contributed by atoms with van der Waals surface area (Å²) in [6.45, 7) is 1.77. The molecule has 0 N–H and O–H groups in total. The molecule has 1 fully saturated rings. The predicted molar refractivity (Wildman–Crippen MR) is 84.3 cm³/mol. The molecule has 3 rings (SSSR count). The minimum absolute atomic E-state index is 0.237. The SMILES string of the molecule is O=C(CCc1cocn1)N1CCC(Cc2ccccc2)CC1. The van der Waals surface area contributed by atoms with Crippen LogP contribution in [-0.4, -0.2) is 28.9 Å². The molecule has 0 spiro atoms. The number of likely N-dealkylation sites (tertiary alicyclic amines) is 1. The maximum atomic E-state index is 12.2. The summed E-state index contributed by atoms with van der Waals surface area (Å²) in [5.41, 5.74) is 2.26. The molecule has 4 nitrogen and oxygen atoms in total. The lowest BCUT2D eigenvalue weighted by Gasteiger charge is -2.32. The van der Waals surface area contributed by atoms with Crippen molar-refractivity contribution in [1.29, 1.82) is 0 Å². The van der Waals surface area contributed by atoms with Gasteiger partial charge >= 0.3 is 0 Å². The van der Waals surface area contributed by atoms with Crippen LogP contribution >= 0.6 is 0 Å². The van der Waals surface area contributed by atoms with E-state index >= 15 is 0 Å². The number of aryl methyl sites for hydroxylation is 1. The molecular formula is C18H22N2O2. The van der Waals surface area contributed by atoms with Crippen LogP contribution in [0.2, 0.25) is 0 Å². The third-order valence-corrected chi connectivity index (χ3v) is 4.41. The number of carbonyl (C=O) groups is 1. The van der Waals surface area contributed by atoms with Gasteiger partial charge in [0.1, 0.15) is 6.26 Å². The highest BCUT2D eigenvalue weighted by Gasteiger charge is 2.22. The zero-order valence-corrected chi connectivity index (χ0v) is 12.8. The van der Waals surface area contributed by atoms with E-state index in [9.17, 15) is 4.79 Å². The highest BCUT2D eigenvalue weighted by atomic mass is 16.3. The van der Waals surface area contributed by atoms with Gasteiger partial charge in [-0.15, -0.1) is 0 Å². The summed E-state index contributed by atoms with van der Waals surface area (Å²) in [5.74, 6) is 0.933. The van der Waals surface area contributed by atoms with Gasteiger partial charge < -0.3 is 9.32 Å².